The maximum atomic E-state index is 11.4. The van der Waals surface area contributed by atoms with Gasteiger partial charge in [0.15, 0.2) is 0 Å². The molecule has 0 spiro atoms. The van der Waals surface area contributed by atoms with Crippen molar-refractivity contribution in [3.8, 4) is 11.5 Å². The molecule has 1 aliphatic carbocycles. The molecule has 0 radical (unpaired) electrons. The van der Waals surface area contributed by atoms with Crippen LogP contribution >= 0.6 is 0 Å². The van der Waals surface area contributed by atoms with Gasteiger partial charge < -0.3 is 24.2 Å². The van der Waals surface area contributed by atoms with Crippen LogP contribution in [0.2, 0.25) is 0 Å². The lowest BCUT2D eigenvalue weighted by molar-refractivity contribution is -0.137. The number of carboxylic acid groups (broad SMARTS) is 1. The zero-order valence-corrected chi connectivity index (χ0v) is 22.9. The summed E-state index contributed by atoms with van der Waals surface area (Å²) in [7, 11) is 1.71. The molecule has 1 heterocycles. The van der Waals surface area contributed by atoms with Gasteiger partial charge in [-0.25, -0.2) is 0 Å². The number of nitrogens with zero attached hydrogens (tertiary/aromatic N) is 1. The zero-order valence-electron chi connectivity index (χ0n) is 22.9. The second kappa shape index (κ2) is 12.2. The summed E-state index contributed by atoms with van der Waals surface area (Å²) >= 11 is 0. The minimum absolute atomic E-state index is 0.0914. The molecule has 1 aliphatic heterocycles. The quantitative estimate of drug-likeness (QED) is 0.351. The first-order valence-electron chi connectivity index (χ1n) is 13.7. The van der Waals surface area contributed by atoms with Crippen LogP contribution in [-0.2, 0) is 16.1 Å². The Hall–Kier alpha value is -2.73. The van der Waals surface area contributed by atoms with Crippen molar-refractivity contribution in [1.29, 1.82) is 0 Å². The summed E-state index contributed by atoms with van der Waals surface area (Å²) in [6.07, 6.45) is 4.56. The number of hydrogen-bond donors (Lipinski definition) is 1. The number of carbonyl (C=O) groups is 1. The van der Waals surface area contributed by atoms with Crippen molar-refractivity contribution < 1.29 is 24.1 Å². The summed E-state index contributed by atoms with van der Waals surface area (Å²) in [5.74, 6) is 2.07. The van der Waals surface area contributed by atoms with Crippen LogP contribution in [0, 0.1) is 17.3 Å². The minimum atomic E-state index is -0.727. The molecule has 0 bridgehead atoms. The molecule has 0 aromatic heterocycles. The van der Waals surface area contributed by atoms with Gasteiger partial charge in [0.25, 0.3) is 0 Å². The predicted molar refractivity (Wildman–Crippen MR) is 147 cm³/mol. The van der Waals surface area contributed by atoms with E-state index < -0.39 is 5.97 Å². The molecular formula is C31H43NO5. The number of methoxy groups -OCH3 is 1. The van der Waals surface area contributed by atoms with Gasteiger partial charge in [0.2, 0.25) is 0 Å². The molecule has 1 saturated carbocycles. The van der Waals surface area contributed by atoms with Crippen molar-refractivity contribution >= 4 is 11.7 Å². The molecule has 1 atom stereocenters. The molecule has 0 amide bonds. The van der Waals surface area contributed by atoms with E-state index in [2.05, 4.69) is 43.9 Å². The molecule has 37 heavy (non-hydrogen) atoms. The summed E-state index contributed by atoms with van der Waals surface area (Å²) in [6, 6.07) is 14.4. The van der Waals surface area contributed by atoms with Crippen LogP contribution in [0.4, 0.5) is 5.69 Å². The van der Waals surface area contributed by atoms with E-state index in [1.807, 2.05) is 24.3 Å². The molecule has 2 aromatic rings. The van der Waals surface area contributed by atoms with Gasteiger partial charge in [-0.2, -0.15) is 0 Å². The third kappa shape index (κ3) is 8.13. The number of piperidine rings is 1. The molecule has 4 rings (SSSR count). The van der Waals surface area contributed by atoms with Crippen LogP contribution in [0.3, 0.4) is 0 Å². The third-order valence-electron chi connectivity index (χ3n) is 7.40. The maximum Gasteiger partial charge on any atom is 0.303 e. The van der Waals surface area contributed by atoms with E-state index in [1.165, 1.54) is 11.3 Å². The van der Waals surface area contributed by atoms with Gasteiger partial charge in [0, 0.05) is 30.4 Å². The molecule has 202 valence electrons. The molecule has 1 N–H and O–H groups in total. The smallest absolute Gasteiger partial charge is 0.303 e. The van der Waals surface area contributed by atoms with Crippen molar-refractivity contribution in [2.75, 3.05) is 38.3 Å². The first-order chi connectivity index (χ1) is 17.7. The van der Waals surface area contributed by atoms with Crippen molar-refractivity contribution in [2.45, 2.75) is 65.4 Å². The summed E-state index contributed by atoms with van der Waals surface area (Å²) < 4.78 is 17.8. The number of anilines is 1. The normalized spacial score (nSPS) is 17.5. The van der Waals surface area contributed by atoms with Crippen LogP contribution in [0.15, 0.2) is 42.5 Å². The van der Waals surface area contributed by atoms with Crippen molar-refractivity contribution in [3.05, 3.63) is 53.6 Å². The highest BCUT2D eigenvalue weighted by Crippen LogP contribution is 2.45. The van der Waals surface area contributed by atoms with Crippen LogP contribution < -0.4 is 14.4 Å². The number of ether oxygens (including phenoxy) is 3. The van der Waals surface area contributed by atoms with E-state index in [4.69, 9.17) is 14.2 Å². The molecule has 1 unspecified atom stereocenters. The Morgan fingerprint density at radius 3 is 2.46 bits per heavy atom. The number of rotatable bonds is 12. The Bertz CT molecular complexity index is 1030. The first kappa shape index (κ1) is 27.3. The molecule has 6 nitrogen and oxygen atoms in total. The molecular weight excluding hydrogens is 466 g/mol. The van der Waals surface area contributed by atoms with E-state index in [1.54, 1.807) is 7.11 Å². The van der Waals surface area contributed by atoms with E-state index in [-0.39, 0.29) is 17.8 Å². The van der Waals surface area contributed by atoms with Gasteiger partial charge >= 0.3 is 5.97 Å². The largest absolute Gasteiger partial charge is 0.497 e. The number of aliphatic carboxylic acids is 1. The monoisotopic (exact) mass is 509 g/mol. The van der Waals surface area contributed by atoms with E-state index in [0.717, 1.165) is 62.4 Å². The number of carboxylic acids is 1. The summed E-state index contributed by atoms with van der Waals surface area (Å²) in [6.45, 7) is 10.5. The molecule has 2 aliphatic rings. The second-order valence-corrected chi connectivity index (χ2v) is 11.9. The van der Waals surface area contributed by atoms with Crippen LogP contribution in [0.1, 0.15) is 69.9 Å². The van der Waals surface area contributed by atoms with Gasteiger partial charge in [0.05, 0.1) is 33.4 Å². The van der Waals surface area contributed by atoms with Gasteiger partial charge in [0.1, 0.15) is 11.5 Å². The highest BCUT2D eigenvalue weighted by Gasteiger charge is 2.34. The lowest BCUT2D eigenvalue weighted by atomic mass is 9.91. The van der Waals surface area contributed by atoms with Gasteiger partial charge in [-0.15, -0.1) is 0 Å². The number of benzene rings is 2. The Morgan fingerprint density at radius 2 is 1.81 bits per heavy atom. The maximum absolute atomic E-state index is 11.4. The van der Waals surface area contributed by atoms with Crippen molar-refractivity contribution in [1.82, 2.24) is 0 Å². The Labute approximate surface area is 221 Å². The Morgan fingerprint density at radius 1 is 1.05 bits per heavy atom. The minimum Gasteiger partial charge on any atom is -0.497 e. The summed E-state index contributed by atoms with van der Waals surface area (Å²) in [5, 5.41) is 9.34. The standard InChI is InChI=1S/C31H43NO5/c1-31(2,3)21-36-20-25-10-11-26(35-4)17-29(25)32-14-12-22(13-15-32)19-37-27-7-5-6-24(16-27)28(18-30(33)34)23-8-9-23/h5-7,10-11,16-17,22-23,28H,8-9,12-15,18-21H2,1-4H3,(H,33,34). The first-order valence-corrected chi connectivity index (χ1v) is 13.7. The van der Waals surface area contributed by atoms with E-state index in [9.17, 15) is 9.90 Å². The van der Waals surface area contributed by atoms with E-state index in [0.29, 0.717) is 25.0 Å². The van der Waals surface area contributed by atoms with Crippen LogP contribution in [-0.4, -0.2) is 44.5 Å². The third-order valence-corrected chi connectivity index (χ3v) is 7.40. The second-order valence-electron chi connectivity index (χ2n) is 11.9. The average molecular weight is 510 g/mol. The fourth-order valence-corrected chi connectivity index (χ4v) is 5.19. The van der Waals surface area contributed by atoms with Gasteiger partial charge in [-0.1, -0.05) is 39.0 Å². The topological polar surface area (TPSA) is 68.2 Å². The van der Waals surface area contributed by atoms with Gasteiger partial charge in [-0.3, -0.25) is 4.79 Å². The van der Waals surface area contributed by atoms with E-state index >= 15 is 0 Å². The van der Waals surface area contributed by atoms with Crippen LogP contribution in [0.5, 0.6) is 11.5 Å². The number of hydrogen-bond acceptors (Lipinski definition) is 5. The molecule has 6 heteroatoms. The highest BCUT2D eigenvalue weighted by molar-refractivity contribution is 5.68. The fraction of sp³-hybridized carbons (Fsp3) is 0.581. The lowest BCUT2D eigenvalue weighted by Crippen LogP contribution is -2.36. The summed E-state index contributed by atoms with van der Waals surface area (Å²) in [4.78, 5) is 13.8. The zero-order chi connectivity index (χ0) is 26.4. The fourth-order valence-electron chi connectivity index (χ4n) is 5.19. The molecule has 2 fully saturated rings. The average Bonchev–Trinajstić information content (AvgIpc) is 3.71. The summed E-state index contributed by atoms with van der Waals surface area (Å²) in [5.41, 5.74) is 3.63. The van der Waals surface area contributed by atoms with Crippen molar-refractivity contribution in [3.63, 3.8) is 0 Å². The lowest BCUT2D eigenvalue weighted by Gasteiger charge is -2.35. The van der Waals surface area contributed by atoms with Crippen molar-refractivity contribution in [2.24, 2.45) is 17.3 Å². The predicted octanol–water partition coefficient (Wildman–Crippen LogP) is 6.52. The molecule has 2 aromatic carbocycles. The Kier molecular flexibility index (Phi) is 9.01. The Balaban J connectivity index is 1.32. The van der Waals surface area contributed by atoms with Crippen LogP contribution in [0.25, 0.3) is 0 Å². The highest BCUT2D eigenvalue weighted by atomic mass is 16.5. The SMILES string of the molecule is COc1ccc(COCC(C)(C)C)c(N2CCC(COc3cccc(C(CC(=O)O)C4CC4)c3)CC2)c1. The molecule has 1 saturated heterocycles. The van der Waals surface area contributed by atoms with Gasteiger partial charge in [-0.05, 0) is 72.6 Å².